The Balaban J connectivity index is 2.55. The molecular weight excluding hydrogens is 198 g/mol. The summed E-state index contributed by atoms with van der Waals surface area (Å²) in [5.74, 6) is -1.98. The number of aromatic amines is 1. The Morgan fingerprint density at radius 3 is 2.73 bits per heavy atom. The van der Waals surface area contributed by atoms with Crippen molar-refractivity contribution in [3.8, 4) is 0 Å². The molecule has 1 aromatic carbocycles. The second kappa shape index (κ2) is 3.29. The molecule has 0 aliphatic carbocycles. The van der Waals surface area contributed by atoms with Crippen LogP contribution in [0.15, 0.2) is 18.2 Å². The van der Waals surface area contributed by atoms with Crippen LogP contribution in [-0.4, -0.2) is 9.97 Å². The topological polar surface area (TPSA) is 28.7 Å². The van der Waals surface area contributed by atoms with Gasteiger partial charge < -0.3 is 4.98 Å². The van der Waals surface area contributed by atoms with E-state index in [9.17, 15) is 8.78 Å². The zero-order valence-corrected chi connectivity index (χ0v) is 8.64. The van der Waals surface area contributed by atoms with Crippen LogP contribution in [0.2, 0.25) is 0 Å². The Hall–Kier alpha value is -1.45. The van der Waals surface area contributed by atoms with Gasteiger partial charge in [0, 0.05) is 18.9 Å². The van der Waals surface area contributed by atoms with Gasteiger partial charge in [-0.1, -0.05) is 13.0 Å². The van der Waals surface area contributed by atoms with Gasteiger partial charge in [-0.05, 0) is 12.1 Å². The van der Waals surface area contributed by atoms with E-state index in [1.807, 2.05) is 6.92 Å². The van der Waals surface area contributed by atoms with Crippen molar-refractivity contribution < 1.29 is 8.78 Å². The summed E-state index contributed by atoms with van der Waals surface area (Å²) in [6, 6.07) is 4.50. The van der Waals surface area contributed by atoms with E-state index in [4.69, 9.17) is 0 Å². The van der Waals surface area contributed by atoms with E-state index in [-0.39, 0.29) is 5.56 Å². The Morgan fingerprint density at radius 2 is 2.13 bits per heavy atom. The van der Waals surface area contributed by atoms with Crippen molar-refractivity contribution in [1.29, 1.82) is 0 Å². The average Bonchev–Trinajstić information content (AvgIpc) is 2.57. The smallest absolute Gasteiger partial charge is 0.270 e. The number of halogens is 2. The van der Waals surface area contributed by atoms with Crippen molar-refractivity contribution in [2.75, 3.05) is 0 Å². The van der Waals surface area contributed by atoms with E-state index >= 15 is 0 Å². The van der Waals surface area contributed by atoms with E-state index in [1.54, 1.807) is 6.07 Å². The van der Waals surface area contributed by atoms with Crippen molar-refractivity contribution in [3.05, 3.63) is 29.6 Å². The van der Waals surface area contributed by atoms with Crippen molar-refractivity contribution in [2.24, 2.45) is 0 Å². The molecule has 0 amide bonds. The molecule has 1 N–H and O–H groups in total. The first-order chi connectivity index (χ1) is 7.00. The molecule has 1 aromatic heterocycles. The molecule has 15 heavy (non-hydrogen) atoms. The monoisotopic (exact) mass is 210 g/mol. The number of hydrogen-bond acceptors (Lipinski definition) is 1. The number of aryl methyl sites for hydroxylation is 1. The molecule has 2 nitrogen and oxygen atoms in total. The minimum atomic E-state index is -2.80. The van der Waals surface area contributed by atoms with Crippen molar-refractivity contribution in [3.63, 3.8) is 0 Å². The number of benzene rings is 1. The van der Waals surface area contributed by atoms with Gasteiger partial charge in [0.05, 0.1) is 11.0 Å². The van der Waals surface area contributed by atoms with Crippen LogP contribution in [0.1, 0.15) is 25.2 Å². The summed E-state index contributed by atoms with van der Waals surface area (Å²) >= 11 is 0. The standard InChI is InChI=1S/C11H12F2N2/c1-3-10-14-8-5-4-7(11(2,12)13)6-9(8)15-10/h4-6H,3H2,1-2H3,(H,14,15). The molecule has 0 spiro atoms. The molecule has 0 unspecified atom stereocenters. The zero-order chi connectivity index (χ0) is 11.1. The van der Waals surface area contributed by atoms with Crippen LogP contribution in [0.3, 0.4) is 0 Å². The SMILES string of the molecule is CCc1nc2ccc(C(C)(F)F)cc2[nH]1. The number of H-pyrrole nitrogens is 1. The van der Waals surface area contributed by atoms with Gasteiger partial charge in [-0.15, -0.1) is 0 Å². The van der Waals surface area contributed by atoms with Gasteiger partial charge in [-0.3, -0.25) is 0 Å². The van der Waals surface area contributed by atoms with Crippen molar-refractivity contribution in [2.45, 2.75) is 26.2 Å². The molecule has 0 fully saturated rings. The Morgan fingerprint density at radius 1 is 1.40 bits per heavy atom. The number of aromatic nitrogens is 2. The van der Waals surface area contributed by atoms with Crippen LogP contribution < -0.4 is 0 Å². The summed E-state index contributed by atoms with van der Waals surface area (Å²) in [5.41, 5.74) is 1.42. The van der Waals surface area contributed by atoms with Crippen LogP contribution in [-0.2, 0) is 12.3 Å². The molecular formula is C11H12F2N2. The first kappa shape index (κ1) is 10.1. The van der Waals surface area contributed by atoms with Crippen LogP contribution >= 0.6 is 0 Å². The van der Waals surface area contributed by atoms with Gasteiger partial charge >= 0.3 is 0 Å². The van der Waals surface area contributed by atoms with Gasteiger partial charge in [-0.2, -0.15) is 0 Å². The lowest BCUT2D eigenvalue weighted by Gasteiger charge is -2.09. The second-order valence-corrected chi connectivity index (χ2v) is 3.66. The summed E-state index contributed by atoms with van der Waals surface area (Å²) < 4.78 is 26.1. The maximum absolute atomic E-state index is 13.0. The average molecular weight is 210 g/mol. The molecule has 0 aliphatic rings. The minimum Gasteiger partial charge on any atom is -0.342 e. The van der Waals surface area contributed by atoms with E-state index in [1.165, 1.54) is 12.1 Å². The fourth-order valence-corrected chi connectivity index (χ4v) is 1.50. The van der Waals surface area contributed by atoms with Gasteiger partial charge in [0.15, 0.2) is 0 Å². The Kier molecular flexibility index (Phi) is 2.21. The molecule has 4 heteroatoms. The van der Waals surface area contributed by atoms with Crippen molar-refractivity contribution >= 4 is 11.0 Å². The van der Waals surface area contributed by atoms with E-state index in [0.717, 1.165) is 24.7 Å². The highest BCUT2D eigenvalue weighted by Gasteiger charge is 2.24. The number of nitrogens with zero attached hydrogens (tertiary/aromatic N) is 1. The molecule has 2 rings (SSSR count). The predicted octanol–water partition coefficient (Wildman–Crippen LogP) is 3.24. The largest absolute Gasteiger partial charge is 0.342 e. The van der Waals surface area contributed by atoms with Crippen molar-refractivity contribution in [1.82, 2.24) is 9.97 Å². The van der Waals surface area contributed by atoms with Gasteiger partial charge in [0.1, 0.15) is 5.82 Å². The lowest BCUT2D eigenvalue weighted by molar-refractivity contribution is 0.0176. The normalized spacial score (nSPS) is 12.3. The third kappa shape index (κ3) is 1.84. The molecule has 0 saturated carbocycles. The van der Waals surface area contributed by atoms with E-state index < -0.39 is 5.92 Å². The fraction of sp³-hybridized carbons (Fsp3) is 0.364. The number of nitrogens with one attached hydrogen (secondary N) is 1. The Labute approximate surface area is 86.3 Å². The Bertz CT molecular complexity index is 483. The second-order valence-electron chi connectivity index (χ2n) is 3.66. The van der Waals surface area contributed by atoms with Crippen LogP contribution in [0.25, 0.3) is 11.0 Å². The predicted molar refractivity (Wildman–Crippen MR) is 55.0 cm³/mol. The number of fused-ring (bicyclic) bond motifs is 1. The lowest BCUT2D eigenvalue weighted by Crippen LogP contribution is -2.06. The lowest BCUT2D eigenvalue weighted by atomic mass is 10.1. The first-order valence-electron chi connectivity index (χ1n) is 4.87. The van der Waals surface area contributed by atoms with Gasteiger partial charge in [0.25, 0.3) is 5.92 Å². The molecule has 1 heterocycles. The maximum atomic E-state index is 13.0. The molecule has 0 aliphatic heterocycles. The zero-order valence-electron chi connectivity index (χ0n) is 8.64. The van der Waals surface area contributed by atoms with Crippen LogP contribution in [0.5, 0.6) is 0 Å². The minimum absolute atomic E-state index is 0.0151. The fourth-order valence-electron chi connectivity index (χ4n) is 1.50. The summed E-state index contributed by atoms with van der Waals surface area (Å²) in [4.78, 5) is 7.27. The quantitative estimate of drug-likeness (QED) is 0.809. The summed E-state index contributed by atoms with van der Waals surface area (Å²) in [7, 11) is 0. The maximum Gasteiger partial charge on any atom is 0.270 e. The number of alkyl halides is 2. The highest BCUT2D eigenvalue weighted by atomic mass is 19.3. The molecule has 0 saturated heterocycles. The van der Waals surface area contributed by atoms with Crippen LogP contribution in [0.4, 0.5) is 8.78 Å². The van der Waals surface area contributed by atoms with Gasteiger partial charge in [-0.25, -0.2) is 13.8 Å². The number of rotatable bonds is 2. The molecule has 0 atom stereocenters. The first-order valence-corrected chi connectivity index (χ1v) is 4.87. The van der Waals surface area contributed by atoms with E-state index in [0.29, 0.717) is 5.52 Å². The summed E-state index contributed by atoms with van der Waals surface area (Å²) in [6.45, 7) is 2.86. The molecule has 80 valence electrons. The molecule has 0 radical (unpaired) electrons. The van der Waals surface area contributed by atoms with Crippen LogP contribution in [0, 0.1) is 0 Å². The number of imidazole rings is 1. The van der Waals surface area contributed by atoms with E-state index in [2.05, 4.69) is 9.97 Å². The third-order valence-corrected chi connectivity index (χ3v) is 2.37. The third-order valence-electron chi connectivity index (χ3n) is 2.37. The molecule has 2 aromatic rings. The highest BCUT2D eigenvalue weighted by Crippen LogP contribution is 2.28. The molecule has 0 bridgehead atoms. The highest BCUT2D eigenvalue weighted by molar-refractivity contribution is 5.76. The number of hydrogen-bond donors (Lipinski definition) is 1. The summed E-state index contributed by atoms with van der Waals surface area (Å²) in [6.07, 6.45) is 0.770. The van der Waals surface area contributed by atoms with Gasteiger partial charge in [0.2, 0.25) is 0 Å². The summed E-state index contributed by atoms with van der Waals surface area (Å²) in [5, 5.41) is 0.